The van der Waals surface area contributed by atoms with Gasteiger partial charge in [0.05, 0.1) is 29.4 Å². The molecular formula is C22H22N4O3. The van der Waals surface area contributed by atoms with E-state index in [9.17, 15) is 5.11 Å². The Balaban J connectivity index is 1.58. The van der Waals surface area contributed by atoms with Gasteiger partial charge >= 0.3 is 0 Å². The van der Waals surface area contributed by atoms with Gasteiger partial charge in [-0.05, 0) is 18.2 Å². The molecule has 3 heterocycles. The van der Waals surface area contributed by atoms with E-state index < -0.39 is 0 Å². The molecule has 0 radical (unpaired) electrons. The van der Waals surface area contributed by atoms with E-state index in [0.29, 0.717) is 29.0 Å². The highest BCUT2D eigenvalue weighted by Gasteiger charge is 2.22. The van der Waals surface area contributed by atoms with Crippen molar-refractivity contribution in [1.29, 1.82) is 0 Å². The number of piperazine rings is 1. The second kappa shape index (κ2) is 7.35. The van der Waals surface area contributed by atoms with Gasteiger partial charge in [-0.1, -0.05) is 18.2 Å². The first-order valence-corrected chi connectivity index (χ1v) is 9.72. The fraction of sp³-hybridized carbons (Fsp3) is 0.273. The summed E-state index contributed by atoms with van der Waals surface area (Å²) in [4.78, 5) is 2.35. The third kappa shape index (κ3) is 3.18. The number of methoxy groups -OCH3 is 1. The van der Waals surface area contributed by atoms with Crippen LogP contribution in [0.5, 0.6) is 11.5 Å². The maximum Gasteiger partial charge on any atom is 0.172 e. The molecule has 3 aromatic rings. The maximum absolute atomic E-state index is 10.8. The molecule has 0 atom stereocenters. The molecule has 0 saturated carbocycles. The van der Waals surface area contributed by atoms with Crippen molar-refractivity contribution in [3.05, 3.63) is 53.3 Å². The minimum Gasteiger partial charge on any atom is -0.504 e. The normalized spacial score (nSPS) is 17.9. The molecule has 1 saturated heterocycles. The van der Waals surface area contributed by atoms with Gasteiger partial charge in [0.1, 0.15) is 11.3 Å². The van der Waals surface area contributed by atoms with Crippen LogP contribution in [0.25, 0.3) is 22.7 Å². The van der Waals surface area contributed by atoms with Crippen molar-refractivity contribution in [2.45, 2.75) is 6.54 Å². The summed E-state index contributed by atoms with van der Waals surface area (Å²) in [5.41, 5.74) is 4.00. The van der Waals surface area contributed by atoms with Crippen LogP contribution >= 0.6 is 0 Å². The predicted molar refractivity (Wildman–Crippen MR) is 111 cm³/mol. The summed E-state index contributed by atoms with van der Waals surface area (Å²) in [6, 6.07) is 11.5. The number of ether oxygens (including phenoxy) is 1. The summed E-state index contributed by atoms with van der Waals surface area (Å²) in [5.74, 6) is 1.24. The molecule has 2 aliphatic rings. The largest absolute Gasteiger partial charge is 0.504 e. The fourth-order valence-electron chi connectivity index (χ4n) is 3.91. The lowest BCUT2D eigenvalue weighted by molar-refractivity contribution is 0.230. The van der Waals surface area contributed by atoms with Crippen LogP contribution in [0, 0.1) is 0 Å². The molecule has 2 N–H and O–H groups in total. The first kappa shape index (κ1) is 17.9. The third-order valence-electron chi connectivity index (χ3n) is 5.44. The van der Waals surface area contributed by atoms with E-state index in [1.807, 2.05) is 36.4 Å². The molecule has 0 spiro atoms. The molecule has 7 nitrogen and oxygen atoms in total. The number of aromatic hydroxyl groups is 1. The number of rotatable bonds is 4. The van der Waals surface area contributed by atoms with Gasteiger partial charge in [0.15, 0.2) is 11.5 Å². The van der Waals surface area contributed by atoms with E-state index in [1.54, 1.807) is 13.2 Å². The Morgan fingerprint density at radius 3 is 2.83 bits per heavy atom. The van der Waals surface area contributed by atoms with E-state index in [4.69, 9.17) is 9.15 Å². The first-order valence-electron chi connectivity index (χ1n) is 9.72. The molecule has 2 aliphatic heterocycles. The number of benzene rings is 2. The van der Waals surface area contributed by atoms with Crippen LogP contribution in [-0.2, 0) is 6.54 Å². The highest BCUT2D eigenvalue weighted by atomic mass is 16.4. The number of fused-ring (bicyclic) bond motifs is 2. The Kier molecular flexibility index (Phi) is 4.54. The Hall–Kier alpha value is -3.16. The lowest BCUT2D eigenvalue weighted by Gasteiger charge is -2.27. The van der Waals surface area contributed by atoms with Crippen molar-refractivity contribution < 1.29 is 14.3 Å². The predicted octanol–water partition coefficient (Wildman–Crippen LogP) is 4.15. The zero-order valence-electron chi connectivity index (χ0n) is 16.2. The molecule has 0 amide bonds. The highest BCUT2D eigenvalue weighted by molar-refractivity contribution is 5.95. The molecule has 7 heteroatoms. The minimum atomic E-state index is 0.108. The van der Waals surface area contributed by atoms with Gasteiger partial charge < -0.3 is 19.6 Å². The van der Waals surface area contributed by atoms with Gasteiger partial charge in [-0.2, -0.15) is 0 Å². The molecule has 0 unspecified atom stereocenters. The van der Waals surface area contributed by atoms with Crippen molar-refractivity contribution in [2.75, 3.05) is 33.3 Å². The van der Waals surface area contributed by atoms with Crippen molar-refractivity contribution in [2.24, 2.45) is 10.2 Å². The van der Waals surface area contributed by atoms with Gasteiger partial charge in [0, 0.05) is 44.4 Å². The molecule has 1 fully saturated rings. The second-order valence-electron chi connectivity index (χ2n) is 7.21. The maximum atomic E-state index is 10.8. The number of furan rings is 1. The summed E-state index contributed by atoms with van der Waals surface area (Å²) >= 11 is 0. The molecule has 29 heavy (non-hydrogen) atoms. The van der Waals surface area contributed by atoms with E-state index in [2.05, 4.69) is 20.4 Å². The lowest BCUT2D eigenvalue weighted by atomic mass is 10.1. The standard InChI is InChI=1S/C22H22N4O3/c1-28-19-7-6-15-21(27)20(12-18-14-4-2-3-5-17(14)24-25-18)29-22(15)16(19)13-26-10-8-23-9-11-26/h2-7,12,23,27H,8-11,13H2,1H3/b18-12+/i1-1. The Morgan fingerprint density at radius 1 is 1.17 bits per heavy atom. The molecule has 1 aromatic heterocycles. The van der Waals surface area contributed by atoms with Crippen molar-refractivity contribution in [3.63, 3.8) is 0 Å². The summed E-state index contributed by atoms with van der Waals surface area (Å²) < 4.78 is 11.7. The Labute approximate surface area is 168 Å². The summed E-state index contributed by atoms with van der Waals surface area (Å²) in [6.07, 6.45) is 1.74. The van der Waals surface area contributed by atoms with Gasteiger partial charge in [-0.3, -0.25) is 4.90 Å². The molecule has 148 valence electrons. The Morgan fingerprint density at radius 2 is 2.00 bits per heavy atom. The second-order valence-corrected chi connectivity index (χ2v) is 7.21. The molecular weight excluding hydrogens is 367 g/mol. The van der Waals surface area contributed by atoms with Gasteiger partial charge in [-0.25, -0.2) is 0 Å². The van der Waals surface area contributed by atoms with Crippen LogP contribution in [-0.4, -0.2) is 43.3 Å². The quantitative estimate of drug-likeness (QED) is 0.701. The summed E-state index contributed by atoms with van der Waals surface area (Å²) in [7, 11) is 1.66. The van der Waals surface area contributed by atoms with E-state index in [0.717, 1.165) is 48.7 Å². The minimum absolute atomic E-state index is 0.108. The van der Waals surface area contributed by atoms with Crippen molar-refractivity contribution in [1.82, 2.24) is 10.2 Å². The number of azo groups is 1. The third-order valence-corrected chi connectivity index (χ3v) is 5.44. The average Bonchev–Trinajstić information content (AvgIpc) is 3.31. The van der Waals surface area contributed by atoms with E-state index >= 15 is 0 Å². The van der Waals surface area contributed by atoms with Crippen LogP contribution in [0.15, 0.2) is 51.0 Å². The van der Waals surface area contributed by atoms with E-state index in [1.165, 1.54) is 0 Å². The van der Waals surface area contributed by atoms with Crippen LogP contribution in [0.2, 0.25) is 0 Å². The molecule has 0 aliphatic carbocycles. The number of hydrogen-bond acceptors (Lipinski definition) is 7. The Bertz CT molecular complexity index is 1130. The zero-order valence-corrected chi connectivity index (χ0v) is 16.2. The van der Waals surface area contributed by atoms with Crippen molar-refractivity contribution in [3.8, 4) is 11.5 Å². The highest BCUT2D eigenvalue weighted by Crippen LogP contribution is 2.42. The summed E-state index contributed by atoms with van der Waals surface area (Å²) in [6.45, 7) is 4.54. The van der Waals surface area contributed by atoms with Gasteiger partial charge in [-0.15, -0.1) is 10.2 Å². The average molecular weight is 389 g/mol. The van der Waals surface area contributed by atoms with Crippen LogP contribution in [0.4, 0.5) is 5.69 Å². The summed E-state index contributed by atoms with van der Waals surface area (Å²) in [5, 5.41) is 23.3. The number of nitrogens with one attached hydrogen (secondary N) is 1. The number of hydrogen-bond donors (Lipinski definition) is 2. The zero-order chi connectivity index (χ0) is 19.8. The van der Waals surface area contributed by atoms with Crippen LogP contribution in [0.3, 0.4) is 0 Å². The number of nitrogens with zero attached hydrogens (tertiary/aromatic N) is 3. The van der Waals surface area contributed by atoms with Gasteiger partial charge in [0.2, 0.25) is 0 Å². The van der Waals surface area contributed by atoms with Crippen molar-refractivity contribution >= 4 is 28.4 Å². The SMILES string of the molecule is [11CH3]Oc1ccc2c(O)c(/C=C3/N=Nc4ccccc43)oc2c1CN1CCNCC1. The topological polar surface area (TPSA) is 82.6 Å². The molecule has 2 aromatic carbocycles. The lowest BCUT2D eigenvalue weighted by Crippen LogP contribution is -2.42. The fourth-order valence-corrected chi connectivity index (χ4v) is 3.91. The smallest absolute Gasteiger partial charge is 0.172 e. The van der Waals surface area contributed by atoms with Crippen LogP contribution < -0.4 is 10.1 Å². The first-order chi connectivity index (χ1) is 14.2. The molecule has 5 rings (SSSR count). The van der Waals surface area contributed by atoms with Crippen LogP contribution in [0.1, 0.15) is 16.9 Å². The molecule has 0 bridgehead atoms. The van der Waals surface area contributed by atoms with Gasteiger partial charge in [0.25, 0.3) is 0 Å². The monoisotopic (exact) mass is 389 g/mol. The van der Waals surface area contributed by atoms with E-state index in [-0.39, 0.29) is 5.75 Å².